The molecule has 0 radical (unpaired) electrons. The van der Waals surface area contributed by atoms with Gasteiger partial charge in [-0.3, -0.25) is 4.98 Å². The average molecular weight is 336 g/mol. The fraction of sp³-hybridized carbons (Fsp3) is 0.176. The van der Waals surface area contributed by atoms with E-state index in [0.717, 1.165) is 11.6 Å². The fourth-order valence-electron chi connectivity index (χ4n) is 1.88. The maximum atomic E-state index is 12.8. The van der Waals surface area contributed by atoms with Gasteiger partial charge in [0.2, 0.25) is 0 Å². The molecule has 126 valence electrons. The van der Waals surface area contributed by atoms with Gasteiger partial charge in [-0.25, -0.2) is 4.79 Å². The molecule has 24 heavy (non-hydrogen) atoms. The van der Waals surface area contributed by atoms with Gasteiger partial charge in [0.25, 0.3) is 0 Å². The van der Waals surface area contributed by atoms with Crippen molar-refractivity contribution in [1.82, 2.24) is 10.3 Å². The SMILES string of the molecule is O=C(NCC=Cc1ncccc1C(F)(F)F)OCc1ccccc1. The highest BCUT2D eigenvalue weighted by Gasteiger charge is 2.33. The molecule has 0 unspecified atom stereocenters. The number of benzene rings is 1. The van der Waals surface area contributed by atoms with Crippen LogP contribution in [0.2, 0.25) is 0 Å². The summed E-state index contributed by atoms with van der Waals surface area (Å²) in [7, 11) is 0. The van der Waals surface area contributed by atoms with Crippen LogP contribution in [-0.4, -0.2) is 17.6 Å². The van der Waals surface area contributed by atoms with Crippen LogP contribution in [0.25, 0.3) is 6.08 Å². The predicted molar refractivity (Wildman–Crippen MR) is 82.9 cm³/mol. The lowest BCUT2D eigenvalue weighted by Crippen LogP contribution is -2.24. The van der Waals surface area contributed by atoms with Crippen LogP contribution in [0.3, 0.4) is 0 Å². The Labute approximate surface area is 137 Å². The van der Waals surface area contributed by atoms with Crippen LogP contribution < -0.4 is 5.32 Å². The van der Waals surface area contributed by atoms with E-state index in [1.54, 1.807) is 0 Å². The van der Waals surface area contributed by atoms with E-state index in [2.05, 4.69) is 10.3 Å². The maximum absolute atomic E-state index is 12.8. The third-order valence-electron chi connectivity index (χ3n) is 3.00. The van der Waals surface area contributed by atoms with Gasteiger partial charge in [-0.15, -0.1) is 0 Å². The molecule has 2 rings (SSSR count). The zero-order chi connectivity index (χ0) is 17.4. The third-order valence-corrected chi connectivity index (χ3v) is 3.00. The first-order valence-electron chi connectivity index (χ1n) is 7.10. The number of pyridine rings is 1. The molecule has 0 fully saturated rings. The van der Waals surface area contributed by atoms with Crippen molar-refractivity contribution in [3.8, 4) is 0 Å². The molecule has 1 heterocycles. The number of amides is 1. The van der Waals surface area contributed by atoms with Crippen molar-refractivity contribution in [3.05, 3.63) is 71.6 Å². The summed E-state index contributed by atoms with van der Waals surface area (Å²) in [4.78, 5) is 15.2. The van der Waals surface area contributed by atoms with Gasteiger partial charge in [0.1, 0.15) is 6.61 Å². The topological polar surface area (TPSA) is 51.2 Å². The number of hydrogen-bond acceptors (Lipinski definition) is 3. The average Bonchev–Trinajstić information content (AvgIpc) is 2.57. The smallest absolute Gasteiger partial charge is 0.418 e. The summed E-state index contributed by atoms with van der Waals surface area (Å²) in [5.74, 6) is 0. The molecule has 0 aliphatic rings. The lowest BCUT2D eigenvalue weighted by Gasteiger charge is -2.08. The molecule has 1 amide bonds. The molecule has 0 aliphatic heterocycles. The van der Waals surface area contributed by atoms with E-state index in [4.69, 9.17) is 4.74 Å². The molecule has 4 nitrogen and oxygen atoms in total. The van der Waals surface area contributed by atoms with E-state index in [1.807, 2.05) is 30.3 Å². The number of alkyl halides is 3. The minimum atomic E-state index is -4.48. The molecule has 1 N–H and O–H groups in total. The summed E-state index contributed by atoms with van der Waals surface area (Å²) >= 11 is 0. The Bertz CT molecular complexity index is 700. The van der Waals surface area contributed by atoms with Crippen LogP contribution in [0.4, 0.5) is 18.0 Å². The molecule has 1 aromatic heterocycles. The molecule has 2 aromatic rings. The zero-order valence-corrected chi connectivity index (χ0v) is 12.6. The third kappa shape index (κ3) is 5.42. The monoisotopic (exact) mass is 336 g/mol. The Morgan fingerprint density at radius 1 is 1.17 bits per heavy atom. The number of alkyl carbamates (subject to hydrolysis) is 1. The van der Waals surface area contributed by atoms with Crippen molar-refractivity contribution in [3.63, 3.8) is 0 Å². The van der Waals surface area contributed by atoms with Crippen molar-refractivity contribution in [1.29, 1.82) is 0 Å². The standard InChI is InChI=1S/C17H15F3N2O2/c18-17(19,20)14-8-4-10-21-15(14)9-5-11-22-16(23)24-12-13-6-2-1-3-7-13/h1-10H,11-12H2,(H,22,23). The molecule has 0 atom stereocenters. The van der Waals surface area contributed by atoms with Crippen molar-refractivity contribution in [2.24, 2.45) is 0 Å². The summed E-state index contributed by atoms with van der Waals surface area (Å²) in [6.45, 7) is 0.149. The summed E-state index contributed by atoms with van der Waals surface area (Å²) in [6, 6.07) is 11.3. The van der Waals surface area contributed by atoms with Gasteiger partial charge >= 0.3 is 12.3 Å². The Balaban J connectivity index is 1.82. The number of rotatable bonds is 5. The normalized spacial score (nSPS) is 11.5. The van der Waals surface area contributed by atoms with E-state index < -0.39 is 17.8 Å². The number of nitrogens with one attached hydrogen (secondary N) is 1. The van der Waals surface area contributed by atoms with Crippen LogP contribution in [0.15, 0.2) is 54.7 Å². The quantitative estimate of drug-likeness (QED) is 0.896. The second kappa shape index (κ2) is 8.14. The van der Waals surface area contributed by atoms with Crippen LogP contribution >= 0.6 is 0 Å². The molecule has 7 heteroatoms. The number of carbonyl (C=O) groups excluding carboxylic acids is 1. The first-order chi connectivity index (χ1) is 11.5. The lowest BCUT2D eigenvalue weighted by molar-refractivity contribution is -0.138. The van der Waals surface area contributed by atoms with Gasteiger partial charge in [-0.05, 0) is 23.8 Å². The van der Waals surface area contributed by atoms with Gasteiger partial charge in [-0.2, -0.15) is 13.2 Å². The Kier molecular flexibility index (Phi) is 5.95. The van der Waals surface area contributed by atoms with E-state index >= 15 is 0 Å². The van der Waals surface area contributed by atoms with E-state index in [1.165, 1.54) is 24.4 Å². The van der Waals surface area contributed by atoms with Crippen LogP contribution in [-0.2, 0) is 17.5 Å². The molecule has 0 spiro atoms. The molecule has 0 bridgehead atoms. The number of carbonyl (C=O) groups is 1. The number of ether oxygens (including phenoxy) is 1. The number of aromatic nitrogens is 1. The first kappa shape index (κ1) is 17.5. The zero-order valence-electron chi connectivity index (χ0n) is 12.6. The molecule has 1 aromatic carbocycles. The second-order valence-corrected chi connectivity index (χ2v) is 4.78. The summed E-state index contributed by atoms with van der Waals surface area (Å²) in [5, 5.41) is 2.42. The number of hydrogen-bond donors (Lipinski definition) is 1. The second-order valence-electron chi connectivity index (χ2n) is 4.78. The minimum absolute atomic E-state index is 0.0293. The highest BCUT2D eigenvalue weighted by atomic mass is 19.4. The van der Waals surface area contributed by atoms with Crippen molar-refractivity contribution in [2.45, 2.75) is 12.8 Å². The van der Waals surface area contributed by atoms with Gasteiger partial charge in [0.05, 0.1) is 11.3 Å². The highest BCUT2D eigenvalue weighted by Crippen LogP contribution is 2.31. The van der Waals surface area contributed by atoms with Crippen molar-refractivity contribution >= 4 is 12.2 Å². The molecule has 0 aliphatic carbocycles. The Morgan fingerprint density at radius 3 is 2.62 bits per heavy atom. The largest absolute Gasteiger partial charge is 0.445 e. The highest BCUT2D eigenvalue weighted by molar-refractivity contribution is 5.67. The Morgan fingerprint density at radius 2 is 1.92 bits per heavy atom. The van der Waals surface area contributed by atoms with Crippen molar-refractivity contribution in [2.75, 3.05) is 6.54 Å². The fourth-order valence-corrected chi connectivity index (χ4v) is 1.88. The van der Waals surface area contributed by atoms with Gasteiger partial charge in [0.15, 0.2) is 0 Å². The summed E-state index contributed by atoms with van der Waals surface area (Å²) in [6.07, 6.45) is -1.27. The Hall–Kier alpha value is -2.83. The van der Waals surface area contributed by atoms with E-state index in [9.17, 15) is 18.0 Å². The van der Waals surface area contributed by atoms with E-state index in [-0.39, 0.29) is 18.8 Å². The summed E-state index contributed by atoms with van der Waals surface area (Å²) < 4.78 is 43.3. The molecule has 0 saturated heterocycles. The first-order valence-corrected chi connectivity index (χ1v) is 7.10. The van der Waals surface area contributed by atoms with Crippen molar-refractivity contribution < 1.29 is 22.7 Å². The van der Waals surface area contributed by atoms with Crippen LogP contribution in [0.5, 0.6) is 0 Å². The van der Waals surface area contributed by atoms with Gasteiger partial charge < -0.3 is 10.1 Å². The van der Waals surface area contributed by atoms with Crippen LogP contribution in [0.1, 0.15) is 16.8 Å². The molecular weight excluding hydrogens is 321 g/mol. The predicted octanol–water partition coefficient (Wildman–Crippen LogP) is 4.04. The number of halogens is 3. The number of nitrogens with zero attached hydrogens (tertiary/aromatic N) is 1. The summed E-state index contributed by atoms with van der Waals surface area (Å²) in [5.41, 5.74) is -0.191. The lowest BCUT2D eigenvalue weighted by atomic mass is 10.2. The minimum Gasteiger partial charge on any atom is -0.445 e. The van der Waals surface area contributed by atoms with Crippen LogP contribution in [0, 0.1) is 0 Å². The van der Waals surface area contributed by atoms with Gasteiger partial charge in [-0.1, -0.05) is 36.4 Å². The molecule has 0 saturated carbocycles. The van der Waals surface area contributed by atoms with Gasteiger partial charge in [0, 0.05) is 12.7 Å². The maximum Gasteiger partial charge on any atom is 0.418 e. The van der Waals surface area contributed by atoms with E-state index in [0.29, 0.717) is 0 Å². The molecular formula is C17H15F3N2O2.